The molecule has 0 aliphatic carbocycles. The largest absolute Gasteiger partial charge is 0.352 e. The Hall–Kier alpha value is -1.31. The molecule has 24 heavy (non-hydrogen) atoms. The van der Waals surface area contributed by atoms with Gasteiger partial charge in [-0.15, -0.1) is 0 Å². The van der Waals surface area contributed by atoms with E-state index in [4.69, 9.17) is 23.2 Å². The van der Waals surface area contributed by atoms with E-state index < -0.39 is 9.84 Å². The zero-order valence-electron chi connectivity index (χ0n) is 13.1. The average Bonchev–Trinajstić information content (AvgIpc) is 2.79. The fraction of sp³-hybridized carbons (Fsp3) is 0.467. The summed E-state index contributed by atoms with van der Waals surface area (Å²) in [6, 6.07) is 4.40. The molecule has 1 unspecified atom stereocenters. The maximum atomic E-state index is 12.0. The summed E-state index contributed by atoms with van der Waals surface area (Å²) in [4.78, 5) is 25.2. The summed E-state index contributed by atoms with van der Waals surface area (Å²) in [5.41, 5.74) is 0.477. The standard InChI is InChI=1S/C15H18Cl2N2O4S/c1-10(20)19(14-3-2-11(16)8-13(14)17)6-4-15(21)18-12-5-7-24(22,23)9-12/h2-3,8,12H,4-7,9H2,1H3,(H,18,21). The molecule has 1 heterocycles. The fourth-order valence-corrected chi connectivity index (χ4v) is 4.75. The Morgan fingerprint density at radius 3 is 2.58 bits per heavy atom. The molecule has 1 fully saturated rings. The van der Waals surface area contributed by atoms with E-state index in [1.807, 2.05) is 0 Å². The molecule has 6 nitrogen and oxygen atoms in total. The molecule has 2 rings (SSSR count). The van der Waals surface area contributed by atoms with Gasteiger partial charge in [0.15, 0.2) is 9.84 Å². The van der Waals surface area contributed by atoms with Crippen LogP contribution in [0.4, 0.5) is 5.69 Å². The Morgan fingerprint density at radius 2 is 2.04 bits per heavy atom. The molecule has 0 radical (unpaired) electrons. The van der Waals surface area contributed by atoms with Crippen LogP contribution in [0.3, 0.4) is 0 Å². The minimum absolute atomic E-state index is 0.0296. The van der Waals surface area contributed by atoms with E-state index in [0.717, 1.165) is 0 Å². The summed E-state index contributed by atoms with van der Waals surface area (Å²) in [5, 5.41) is 3.46. The van der Waals surface area contributed by atoms with E-state index in [0.29, 0.717) is 22.2 Å². The third kappa shape index (κ3) is 5.09. The Morgan fingerprint density at radius 1 is 1.33 bits per heavy atom. The molecule has 1 aromatic rings. The van der Waals surface area contributed by atoms with Crippen molar-refractivity contribution in [2.24, 2.45) is 0 Å². The lowest BCUT2D eigenvalue weighted by atomic mass is 10.2. The van der Waals surface area contributed by atoms with Crippen molar-refractivity contribution in [1.82, 2.24) is 5.32 Å². The van der Waals surface area contributed by atoms with Crippen LogP contribution in [0.25, 0.3) is 0 Å². The van der Waals surface area contributed by atoms with Gasteiger partial charge in [0.2, 0.25) is 11.8 Å². The van der Waals surface area contributed by atoms with Gasteiger partial charge in [-0.25, -0.2) is 8.42 Å². The van der Waals surface area contributed by atoms with Gasteiger partial charge in [0.1, 0.15) is 0 Å². The van der Waals surface area contributed by atoms with Crippen LogP contribution in [0.15, 0.2) is 18.2 Å². The molecule has 0 saturated carbocycles. The molecule has 132 valence electrons. The SMILES string of the molecule is CC(=O)N(CCC(=O)NC1CCS(=O)(=O)C1)c1ccc(Cl)cc1Cl. The molecule has 0 aromatic heterocycles. The van der Waals surface area contributed by atoms with E-state index >= 15 is 0 Å². The lowest BCUT2D eigenvalue weighted by Gasteiger charge is -2.22. The smallest absolute Gasteiger partial charge is 0.223 e. The first-order valence-electron chi connectivity index (χ1n) is 7.41. The Labute approximate surface area is 151 Å². The second-order valence-electron chi connectivity index (χ2n) is 5.68. The van der Waals surface area contributed by atoms with Gasteiger partial charge in [0.05, 0.1) is 22.2 Å². The van der Waals surface area contributed by atoms with Crippen LogP contribution in [-0.2, 0) is 19.4 Å². The van der Waals surface area contributed by atoms with Crippen LogP contribution >= 0.6 is 23.2 Å². The lowest BCUT2D eigenvalue weighted by Crippen LogP contribution is -2.38. The highest BCUT2D eigenvalue weighted by Crippen LogP contribution is 2.29. The summed E-state index contributed by atoms with van der Waals surface area (Å²) in [6.45, 7) is 1.52. The molecule has 1 aliphatic heterocycles. The Balaban J connectivity index is 1.96. The highest BCUT2D eigenvalue weighted by atomic mass is 35.5. The molecule has 0 bridgehead atoms. The fourth-order valence-electron chi connectivity index (χ4n) is 2.57. The molecular weight excluding hydrogens is 375 g/mol. The minimum Gasteiger partial charge on any atom is -0.352 e. The zero-order valence-corrected chi connectivity index (χ0v) is 15.4. The van der Waals surface area contributed by atoms with Crippen LogP contribution in [0.1, 0.15) is 19.8 Å². The first kappa shape index (κ1) is 19.0. The van der Waals surface area contributed by atoms with Gasteiger partial charge in [-0.1, -0.05) is 23.2 Å². The van der Waals surface area contributed by atoms with Gasteiger partial charge in [-0.2, -0.15) is 0 Å². The van der Waals surface area contributed by atoms with E-state index in [2.05, 4.69) is 5.32 Å². The first-order chi connectivity index (χ1) is 11.2. The number of halogens is 2. The molecule has 2 amide bonds. The lowest BCUT2D eigenvalue weighted by molar-refractivity contribution is -0.121. The van der Waals surface area contributed by atoms with Gasteiger partial charge in [0, 0.05) is 31.0 Å². The third-order valence-corrected chi connectivity index (χ3v) is 6.05. The predicted molar refractivity (Wildman–Crippen MR) is 94.3 cm³/mol. The number of anilines is 1. The molecule has 1 atom stereocenters. The van der Waals surface area contributed by atoms with Crippen LogP contribution in [0, 0.1) is 0 Å². The maximum Gasteiger partial charge on any atom is 0.223 e. The number of hydrogen-bond donors (Lipinski definition) is 1. The van der Waals surface area contributed by atoms with Gasteiger partial charge in [-0.3, -0.25) is 9.59 Å². The van der Waals surface area contributed by atoms with Gasteiger partial charge >= 0.3 is 0 Å². The molecule has 1 aliphatic rings. The second-order valence-corrected chi connectivity index (χ2v) is 8.76. The number of nitrogens with one attached hydrogen (secondary N) is 1. The van der Waals surface area contributed by atoms with E-state index in [-0.39, 0.29) is 42.3 Å². The van der Waals surface area contributed by atoms with Crippen LogP contribution in [0.5, 0.6) is 0 Å². The van der Waals surface area contributed by atoms with E-state index in [9.17, 15) is 18.0 Å². The summed E-state index contributed by atoms with van der Waals surface area (Å²) in [5.74, 6) is -0.486. The predicted octanol–water partition coefficient (Wildman–Crippen LogP) is 2.04. The second kappa shape index (κ2) is 7.72. The number of nitrogens with zero attached hydrogens (tertiary/aromatic N) is 1. The minimum atomic E-state index is -3.05. The van der Waals surface area contributed by atoms with E-state index in [1.54, 1.807) is 12.1 Å². The third-order valence-electron chi connectivity index (χ3n) is 3.74. The molecular formula is C15H18Cl2N2O4S. The van der Waals surface area contributed by atoms with Crippen molar-refractivity contribution in [3.8, 4) is 0 Å². The Bertz CT molecular complexity index is 752. The van der Waals surface area contributed by atoms with Crippen LogP contribution in [0.2, 0.25) is 10.0 Å². The number of rotatable bonds is 5. The summed E-state index contributed by atoms with van der Waals surface area (Å²) in [6.07, 6.45) is 0.475. The molecule has 9 heteroatoms. The van der Waals surface area contributed by atoms with Crippen molar-refractivity contribution in [3.63, 3.8) is 0 Å². The van der Waals surface area contributed by atoms with Gasteiger partial charge in [-0.05, 0) is 24.6 Å². The average molecular weight is 393 g/mol. The molecule has 0 spiro atoms. The van der Waals surface area contributed by atoms with Crippen molar-refractivity contribution >= 4 is 50.5 Å². The number of carbonyl (C=O) groups is 2. The number of amides is 2. The van der Waals surface area contributed by atoms with Crippen molar-refractivity contribution in [1.29, 1.82) is 0 Å². The highest BCUT2D eigenvalue weighted by Gasteiger charge is 2.29. The van der Waals surface area contributed by atoms with Gasteiger partial charge in [0.25, 0.3) is 0 Å². The molecule has 1 saturated heterocycles. The number of sulfone groups is 1. The number of hydrogen-bond acceptors (Lipinski definition) is 4. The quantitative estimate of drug-likeness (QED) is 0.830. The van der Waals surface area contributed by atoms with Crippen LogP contribution in [-0.4, -0.2) is 44.3 Å². The summed E-state index contributed by atoms with van der Waals surface area (Å²) >= 11 is 12.0. The van der Waals surface area contributed by atoms with Crippen molar-refractivity contribution in [3.05, 3.63) is 28.2 Å². The topological polar surface area (TPSA) is 83.6 Å². The van der Waals surface area contributed by atoms with Crippen molar-refractivity contribution < 1.29 is 18.0 Å². The molecule has 1 N–H and O–H groups in total. The van der Waals surface area contributed by atoms with Gasteiger partial charge < -0.3 is 10.2 Å². The number of carbonyl (C=O) groups excluding carboxylic acids is 2. The highest BCUT2D eigenvalue weighted by molar-refractivity contribution is 7.91. The first-order valence-corrected chi connectivity index (χ1v) is 9.98. The van der Waals surface area contributed by atoms with E-state index in [1.165, 1.54) is 17.9 Å². The monoisotopic (exact) mass is 392 g/mol. The molecule has 1 aromatic carbocycles. The zero-order chi connectivity index (χ0) is 17.9. The summed E-state index contributed by atoms with van der Waals surface area (Å²) < 4.78 is 22.8. The Kier molecular flexibility index (Phi) is 6.11. The summed E-state index contributed by atoms with van der Waals surface area (Å²) in [7, 11) is -3.05. The van der Waals surface area contributed by atoms with Crippen molar-refractivity contribution in [2.75, 3.05) is 23.0 Å². The number of benzene rings is 1. The normalized spacial score (nSPS) is 19.0. The van der Waals surface area contributed by atoms with Crippen molar-refractivity contribution in [2.45, 2.75) is 25.8 Å². The van der Waals surface area contributed by atoms with Crippen LogP contribution < -0.4 is 10.2 Å². The maximum absolute atomic E-state index is 12.0.